The summed E-state index contributed by atoms with van der Waals surface area (Å²) in [5.74, 6) is -0.321. The lowest BCUT2D eigenvalue weighted by Gasteiger charge is -2.29. The molecule has 9 heteroatoms. The molecule has 0 aromatic heterocycles. The first-order valence-corrected chi connectivity index (χ1v) is 9.81. The van der Waals surface area contributed by atoms with Gasteiger partial charge in [-0.15, -0.1) is 0 Å². The van der Waals surface area contributed by atoms with E-state index in [1.54, 1.807) is 0 Å². The van der Waals surface area contributed by atoms with Gasteiger partial charge in [-0.1, -0.05) is 0 Å². The molecule has 0 bridgehead atoms. The van der Waals surface area contributed by atoms with Crippen LogP contribution in [-0.2, 0) is 37.0 Å². The van der Waals surface area contributed by atoms with Crippen LogP contribution in [-0.4, -0.2) is 61.6 Å². The molecule has 0 rings (SSSR count). The first-order chi connectivity index (χ1) is 11.1. The van der Waals surface area contributed by atoms with Gasteiger partial charge < -0.3 is 32.2 Å². The first-order valence-electron chi connectivity index (χ1n) is 7.88. The quantitative estimate of drug-likeness (QED) is 0.180. The van der Waals surface area contributed by atoms with Gasteiger partial charge in [-0.2, -0.15) is 0 Å². The van der Waals surface area contributed by atoms with E-state index in [0.29, 0.717) is 32.3 Å². The number of esters is 1. The molecule has 0 heterocycles. The zero-order valence-corrected chi connectivity index (χ0v) is 15.6. The molecule has 0 amide bonds. The normalized spacial score (nSPS) is 11.7. The van der Waals surface area contributed by atoms with E-state index in [1.165, 1.54) is 6.92 Å². The van der Waals surface area contributed by atoms with Crippen LogP contribution >= 0.6 is 0 Å². The summed E-state index contributed by atoms with van der Waals surface area (Å²) in [5, 5.41) is 0. The van der Waals surface area contributed by atoms with E-state index in [9.17, 15) is 4.79 Å². The van der Waals surface area contributed by atoms with Crippen LogP contribution in [0.4, 0.5) is 0 Å². The van der Waals surface area contributed by atoms with Gasteiger partial charge in [0.25, 0.3) is 0 Å². The smallest absolute Gasteiger partial charge is 0.466 e. The Balaban J connectivity index is 4.61. The van der Waals surface area contributed by atoms with Crippen molar-refractivity contribution in [1.82, 2.24) is 0 Å². The summed E-state index contributed by atoms with van der Waals surface area (Å²) < 4.78 is 37.9. The van der Waals surface area contributed by atoms with Crippen molar-refractivity contribution < 1.29 is 37.0 Å². The molecule has 0 atom stereocenters. The van der Waals surface area contributed by atoms with Gasteiger partial charge in [0.05, 0.1) is 6.61 Å². The number of rotatable bonds is 16. The SMILES string of the molecule is CCOCO[Si](CCCOC(C)=O)(OCOCC)OCOCC. The molecular formula is C14H30O8Si. The third-order valence-corrected chi connectivity index (χ3v) is 5.27. The molecule has 138 valence electrons. The van der Waals surface area contributed by atoms with Gasteiger partial charge in [0, 0.05) is 32.8 Å². The van der Waals surface area contributed by atoms with Crippen LogP contribution in [0.3, 0.4) is 0 Å². The maximum atomic E-state index is 10.8. The van der Waals surface area contributed by atoms with Gasteiger partial charge in [-0.25, -0.2) is 0 Å². The third-order valence-electron chi connectivity index (χ3n) is 2.63. The van der Waals surface area contributed by atoms with Crippen molar-refractivity contribution >= 4 is 14.8 Å². The number of carbonyl (C=O) groups excluding carboxylic acids is 1. The summed E-state index contributed by atoms with van der Waals surface area (Å²) >= 11 is 0. The number of ether oxygens (including phenoxy) is 4. The van der Waals surface area contributed by atoms with Gasteiger partial charge in [-0.3, -0.25) is 4.79 Å². The van der Waals surface area contributed by atoms with Crippen LogP contribution in [0.2, 0.25) is 6.04 Å². The maximum absolute atomic E-state index is 10.8. The van der Waals surface area contributed by atoms with Crippen LogP contribution in [0, 0.1) is 0 Å². The first kappa shape index (κ1) is 22.4. The van der Waals surface area contributed by atoms with Crippen molar-refractivity contribution in [3.8, 4) is 0 Å². The maximum Gasteiger partial charge on any atom is 0.506 e. The average molecular weight is 354 g/mol. The Morgan fingerprint density at radius 2 is 1.26 bits per heavy atom. The molecule has 8 nitrogen and oxygen atoms in total. The lowest BCUT2D eigenvalue weighted by Crippen LogP contribution is -2.47. The zero-order chi connectivity index (χ0) is 17.4. The fraction of sp³-hybridized carbons (Fsp3) is 0.929. The van der Waals surface area contributed by atoms with Crippen molar-refractivity contribution in [2.75, 3.05) is 46.8 Å². The second-order valence-electron chi connectivity index (χ2n) is 4.39. The van der Waals surface area contributed by atoms with E-state index in [0.717, 1.165) is 0 Å². The second-order valence-corrected chi connectivity index (χ2v) is 7.12. The molecule has 0 aliphatic rings. The van der Waals surface area contributed by atoms with E-state index < -0.39 is 8.80 Å². The summed E-state index contributed by atoms with van der Waals surface area (Å²) in [7, 11) is -3.05. The molecule has 0 radical (unpaired) electrons. The van der Waals surface area contributed by atoms with E-state index in [-0.39, 0.29) is 33.0 Å². The van der Waals surface area contributed by atoms with Crippen LogP contribution < -0.4 is 0 Å². The molecule has 0 N–H and O–H groups in total. The van der Waals surface area contributed by atoms with Crippen LogP contribution in [0.15, 0.2) is 0 Å². The van der Waals surface area contributed by atoms with E-state index in [2.05, 4.69) is 0 Å². The van der Waals surface area contributed by atoms with Crippen LogP contribution in [0.25, 0.3) is 0 Å². The molecule has 0 fully saturated rings. The molecular weight excluding hydrogens is 324 g/mol. The molecule has 0 aliphatic heterocycles. The molecule has 0 spiro atoms. The lowest BCUT2D eigenvalue weighted by molar-refractivity contribution is -0.141. The van der Waals surface area contributed by atoms with E-state index in [1.807, 2.05) is 20.8 Å². The number of carbonyl (C=O) groups is 1. The summed E-state index contributed by atoms with van der Waals surface area (Å²) in [6.45, 7) is 9.02. The Morgan fingerprint density at radius 1 is 0.826 bits per heavy atom. The minimum atomic E-state index is -3.05. The van der Waals surface area contributed by atoms with Crippen molar-refractivity contribution in [3.63, 3.8) is 0 Å². The predicted octanol–water partition coefficient (Wildman–Crippen LogP) is 1.91. The summed E-state index contributed by atoms with van der Waals surface area (Å²) in [5.41, 5.74) is 0. The minimum Gasteiger partial charge on any atom is -0.466 e. The Morgan fingerprint density at radius 3 is 1.61 bits per heavy atom. The molecule has 0 saturated heterocycles. The van der Waals surface area contributed by atoms with Crippen molar-refractivity contribution in [1.29, 1.82) is 0 Å². The zero-order valence-electron chi connectivity index (χ0n) is 14.6. The summed E-state index contributed by atoms with van der Waals surface area (Å²) in [4.78, 5) is 10.8. The number of hydrogen-bond acceptors (Lipinski definition) is 8. The molecule has 0 aromatic rings. The number of hydrogen-bond donors (Lipinski definition) is 0. The second kappa shape index (κ2) is 15.0. The van der Waals surface area contributed by atoms with Gasteiger partial charge in [0.15, 0.2) is 0 Å². The molecule has 0 unspecified atom stereocenters. The molecule has 0 saturated carbocycles. The Labute approximate surface area is 139 Å². The highest BCUT2D eigenvalue weighted by Crippen LogP contribution is 2.19. The van der Waals surface area contributed by atoms with E-state index >= 15 is 0 Å². The fourth-order valence-electron chi connectivity index (χ4n) is 1.49. The van der Waals surface area contributed by atoms with Crippen LogP contribution in [0.5, 0.6) is 0 Å². The average Bonchev–Trinajstić information content (AvgIpc) is 2.52. The highest BCUT2D eigenvalue weighted by atomic mass is 28.4. The Hall–Kier alpha value is -0.553. The topological polar surface area (TPSA) is 81.7 Å². The lowest BCUT2D eigenvalue weighted by atomic mass is 10.5. The highest BCUT2D eigenvalue weighted by Gasteiger charge is 2.41. The summed E-state index contributed by atoms with van der Waals surface area (Å²) in [6.07, 6.45) is 0.552. The fourth-order valence-corrected chi connectivity index (χ4v) is 3.54. The predicted molar refractivity (Wildman–Crippen MR) is 84.5 cm³/mol. The third kappa shape index (κ3) is 12.5. The van der Waals surface area contributed by atoms with Gasteiger partial charge >= 0.3 is 14.8 Å². The van der Waals surface area contributed by atoms with Gasteiger partial charge in [0.1, 0.15) is 20.4 Å². The Bertz CT molecular complexity index is 263. The largest absolute Gasteiger partial charge is 0.506 e. The standard InChI is InChI=1S/C14H30O8Si/c1-5-16-11-20-23(21-12-17-6-2,22-13-18-7-3)10-8-9-19-14(4)15/h5-13H2,1-4H3. The van der Waals surface area contributed by atoms with Crippen molar-refractivity contribution in [2.24, 2.45) is 0 Å². The Kier molecular flexibility index (Phi) is 14.6. The monoisotopic (exact) mass is 354 g/mol. The van der Waals surface area contributed by atoms with Crippen LogP contribution in [0.1, 0.15) is 34.1 Å². The molecule has 0 aliphatic carbocycles. The molecule has 23 heavy (non-hydrogen) atoms. The van der Waals surface area contributed by atoms with Gasteiger partial charge in [-0.05, 0) is 27.2 Å². The molecule has 0 aromatic carbocycles. The van der Waals surface area contributed by atoms with Crippen molar-refractivity contribution in [2.45, 2.75) is 40.2 Å². The van der Waals surface area contributed by atoms with Crippen molar-refractivity contribution in [3.05, 3.63) is 0 Å². The summed E-state index contributed by atoms with van der Waals surface area (Å²) in [6, 6.07) is 0.466. The minimum absolute atomic E-state index is 0.0640. The highest BCUT2D eigenvalue weighted by molar-refractivity contribution is 6.60. The van der Waals surface area contributed by atoms with E-state index in [4.69, 9.17) is 32.2 Å². The van der Waals surface area contributed by atoms with Gasteiger partial charge in [0.2, 0.25) is 0 Å².